The smallest absolute Gasteiger partial charge is 0.317 e. The molecular formula is C27H28N2O9S. The van der Waals surface area contributed by atoms with Crippen molar-refractivity contribution < 1.29 is 42.7 Å². The summed E-state index contributed by atoms with van der Waals surface area (Å²) >= 11 is 0. The van der Waals surface area contributed by atoms with E-state index in [0.717, 1.165) is 0 Å². The second kappa shape index (κ2) is 12.2. The summed E-state index contributed by atoms with van der Waals surface area (Å²) in [7, 11) is -4.69. The van der Waals surface area contributed by atoms with Crippen molar-refractivity contribution in [1.29, 1.82) is 0 Å². The molecule has 0 heterocycles. The molecule has 6 N–H and O–H groups in total. The average molecular weight is 557 g/mol. The normalized spacial score (nSPS) is 15.0. The Balaban J connectivity index is 2.32. The van der Waals surface area contributed by atoms with Crippen LogP contribution in [0.1, 0.15) is 29.2 Å². The lowest BCUT2D eigenvalue weighted by Crippen LogP contribution is -2.28. The predicted molar refractivity (Wildman–Crippen MR) is 142 cm³/mol. The first-order valence-electron chi connectivity index (χ1n) is 11.7. The number of allylic oxidation sites excluding steroid dienone is 4. The van der Waals surface area contributed by atoms with E-state index in [-0.39, 0.29) is 53.7 Å². The van der Waals surface area contributed by atoms with Crippen LogP contribution < -0.4 is 10.6 Å². The van der Waals surface area contributed by atoms with Crippen molar-refractivity contribution in [2.75, 3.05) is 19.6 Å². The summed E-state index contributed by atoms with van der Waals surface area (Å²) in [4.78, 5) is 34.3. The molecule has 1 aliphatic rings. The van der Waals surface area contributed by atoms with Crippen LogP contribution in [-0.2, 0) is 31.0 Å². The number of ketones is 1. The van der Waals surface area contributed by atoms with Crippen LogP contribution >= 0.6 is 0 Å². The van der Waals surface area contributed by atoms with Crippen LogP contribution in [0.2, 0.25) is 0 Å². The number of carbonyl (C=O) groups is 3. The Kier molecular flexibility index (Phi) is 9.20. The number of benzene rings is 2. The van der Waals surface area contributed by atoms with Crippen LogP contribution in [-0.4, -0.2) is 65.6 Å². The van der Waals surface area contributed by atoms with Crippen molar-refractivity contribution in [3.63, 3.8) is 0 Å². The number of aromatic hydroxyl groups is 1. The van der Waals surface area contributed by atoms with E-state index in [1.165, 1.54) is 24.3 Å². The Bertz CT molecular complexity index is 1540. The number of carboxylic acids is 2. The highest BCUT2D eigenvalue weighted by atomic mass is 32.2. The summed E-state index contributed by atoms with van der Waals surface area (Å²) in [5.74, 6) is -2.59. The second-order valence-electron chi connectivity index (χ2n) is 8.92. The lowest BCUT2D eigenvalue weighted by molar-refractivity contribution is -0.137. The van der Waals surface area contributed by atoms with Crippen molar-refractivity contribution in [3.8, 4) is 5.75 Å². The molecule has 0 radical (unpaired) electrons. The minimum Gasteiger partial charge on any atom is -0.507 e. The molecule has 0 saturated heterocycles. The first kappa shape index (κ1) is 29.5. The molecule has 0 spiro atoms. The molecule has 12 heteroatoms. The van der Waals surface area contributed by atoms with E-state index in [1.807, 2.05) is 0 Å². The van der Waals surface area contributed by atoms with Gasteiger partial charge in [0.25, 0.3) is 10.1 Å². The molecule has 0 atom stereocenters. The lowest BCUT2D eigenvalue weighted by atomic mass is 9.85. The van der Waals surface area contributed by atoms with Crippen molar-refractivity contribution in [2.45, 2.75) is 25.3 Å². The molecule has 2 aromatic rings. The van der Waals surface area contributed by atoms with Gasteiger partial charge in [-0.3, -0.25) is 18.9 Å². The molecule has 206 valence electrons. The van der Waals surface area contributed by atoms with Gasteiger partial charge in [0.1, 0.15) is 10.6 Å². The zero-order chi connectivity index (χ0) is 28.9. The van der Waals surface area contributed by atoms with Gasteiger partial charge in [-0.15, -0.1) is 0 Å². The van der Waals surface area contributed by atoms with Crippen molar-refractivity contribution >= 4 is 33.4 Å². The summed E-state index contributed by atoms with van der Waals surface area (Å²) < 4.78 is 34.6. The fraction of sp³-hybridized carbons (Fsp3) is 0.222. The largest absolute Gasteiger partial charge is 0.507 e. The van der Waals surface area contributed by atoms with Gasteiger partial charge in [-0.1, -0.05) is 18.2 Å². The van der Waals surface area contributed by atoms with Gasteiger partial charge < -0.3 is 26.0 Å². The monoisotopic (exact) mass is 556 g/mol. The van der Waals surface area contributed by atoms with E-state index in [4.69, 9.17) is 10.2 Å². The summed E-state index contributed by atoms with van der Waals surface area (Å²) in [6.45, 7) is 2.38. The van der Waals surface area contributed by atoms with Crippen LogP contribution in [0.5, 0.6) is 5.75 Å². The summed E-state index contributed by atoms with van der Waals surface area (Å²) in [6, 6.07) is 8.92. The third-order valence-corrected chi connectivity index (χ3v) is 6.84. The Morgan fingerprint density at radius 3 is 2.15 bits per heavy atom. The number of carboxylic acid groups (broad SMARTS) is 2. The maximum Gasteiger partial charge on any atom is 0.317 e. The quantitative estimate of drug-likeness (QED) is 0.222. The van der Waals surface area contributed by atoms with Gasteiger partial charge in [0, 0.05) is 29.8 Å². The van der Waals surface area contributed by atoms with E-state index in [0.29, 0.717) is 33.4 Å². The van der Waals surface area contributed by atoms with E-state index in [9.17, 15) is 32.5 Å². The molecule has 0 fully saturated rings. The minimum atomic E-state index is -4.69. The van der Waals surface area contributed by atoms with E-state index in [2.05, 4.69) is 10.6 Å². The fourth-order valence-electron chi connectivity index (χ4n) is 4.24. The van der Waals surface area contributed by atoms with Crippen LogP contribution in [0.3, 0.4) is 0 Å². The molecule has 3 rings (SSSR count). The number of phenolic OH excluding ortho intramolecular Hbond substituents is 1. The SMILES string of the molecule is CC1=CC(=C(c2cc(C)c(O)c(CNCC(=O)O)c2)c2ccccc2S(=O)(=O)O)C=C(CNCC(=O)O)C1=O. The van der Waals surface area contributed by atoms with Gasteiger partial charge in [-0.2, -0.15) is 8.42 Å². The highest BCUT2D eigenvalue weighted by Crippen LogP contribution is 2.37. The minimum absolute atomic E-state index is 0.0110. The van der Waals surface area contributed by atoms with E-state index < -0.39 is 22.1 Å². The van der Waals surface area contributed by atoms with Crippen LogP contribution in [0.15, 0.2) is 70.2 Å². The van der Waals surface area contributed by atoms with E-state index >= 15 is 0 Å². The number of rotatable bonds is 11. The van der Waals surface area contributed by atoms with Crippen LogP contribution in [0, 0.1) is 6.92 Å². The number of hydrogen-bond acceptors (Lipinski definition) is 8. The first-order valence-corrected chi connectivity index (χ1v) is 13.2. The Morgan fingerprint density at radius 2 is 1.54 bits per heavy atom. The summed E-state index contributed by atoms with van der Waals surface area (Å²) in [5, 5.41) is 33.9. The molecule has 2 aromatic carbocycles. The molecule has 39 heavy (non-hydrogen) atoms. The van der Waals surface area contributed by atoms with Gasteiger partial charge in [-0.05, 0) is 72.0 Å². The molecule has 1 aliphatic carbocycles. The molecule has 0 aromatic heterocycles. The van der Waals surface area contributed by atoms with Gasteiger partial charge in [0.05, 0.1) is 13.1 Å². The number of phenols is 1. The highest BCUT2D eigenvalue weighted by Gasteiger charge is 2.25. The third-order valence-electron chi connectivity index (χ3n) is 5.93. The standard InChI is InChI=1S/C27H28N2O9S/c1-15-7-17(9-19(26(15)34)11-28-13-23(30)31)25(21-5-3-4-6-22(21)39(36,37)38)18-8-16(2)27(35)20(10-18)12-29-14-24(32)33/h3-10,28-29,34H,11-14H2,1-2H3,(H,30,31)(H,32,33)(H,36,37,38). The molecule has 0 unspecified atom stereocenters. The average Bonchev–Trinajstić information content (AvgIpc) is 2.84. The van der Waals surface area contributed by atoms with Gasteiger partial charge in [0.2, 0.25) is 0 Å². The fourth-order valence-corrected chi connectivity index (χ4v) is 4.94. The predicted octanol–water partition coefficient (Wildman–Crippen LogP) is 2.05. The summed E-state index contributed by atoms with van der Waals surface area (Å²) in [5.41, 5.74) is 2.59. The highest BCUT2D eigenvalue weighted by molar-refractivity contribution is 7.86. The van der Waals surface area contributed by atoms with Crippen molar-refractivity contribution in [2.24, 2.45) is 0 Å². The maximum absolute atomic E-state index is 12.8. The van der Waals surface area contributed by atoms with Gasteiger partial charge >= 0.3 is 11.9 Å². The number of carbonyl (C=O) groups excluding carboxylic acids is 1. The van der Waals surface area contributed by atoms with Gasteiger partial charge in [-0.25, -0.2) is 0 Å². The Morgan fingerprint density at radius 1 is 0.923 bits per heavy atom. The number of hydrogen-bond donors (Lipinski definition) is 6. The maximum atomic E-state index is 12.8. The lowest BCUT2D eigenvalue weighted by Gasteiger charge is -2.21. The third kappa shape index (κ3) is 7.27. The number of aliphatic carboxylic acids is 2. The van der Waals surface area contributed by atoms with Gasteiger partial charge in [0.15, 0.2) is 5.78 Å². The zero-order valence-corrected chi connectivity index (χ0v) is 22.0. The molecule has 0 saturated carbocycles. The van der Waals surface area contributed by atoms with Crippen molar-refractivity contribution in [1.82, 2.24) is 10.6 Å². The second-order valence-corrected chi connectivity index (χ2v) is 10.3. The molecule has 0 aliphatic heterocycles. The molecular weight excluding hydrogens is 528 g/mol. The zero-order valence-electron chi connectivity index (χ0n) is 21.2. The number of Topliss-reactive ketones (excluding diaryl/α,β-unsaturated/α-hetero) is 1. The van der Waals surface area contributed by atoms with Crippen LogP contribution in [0.4, 0.5) is 0 Å². The number of nitrogens with one attached hydrogen (secondary N) is 2. The molecule has 11 nitrogen and oxygen atoms in total. The van der Waals surface area contributed by atoms with E-state index in [1.54, 1.807) is 38.1 Å². The Labute approximate surface area is 224 Å². The molecule has 0 amide bonds. The van der Waals surface area contributed by atoms with Crippen LogP contribution in [0.25, 0.3) is 5.57 Å². The molecule has 0 bridgehead atoms. The first-order chi connectivity index (χ1) is 18.3. The topological polar surface area (TPSA) is 190 Å². The Hall–Kier alpha value is -4.10. The summed E-state index contributed by atoms with van der Waals surface area (Å²) in [6.07, 6.45) is 3.08. The van der Waals surface area contributed by atoms with Crippen molar-refractivity contribution in [3.05, 3.63) is 87.5 Å². The number of aryl methyl sites for hydroxylation is 1.